The van der Waals surface area contributed by atoms with Gasteiger partial charge in [-0.15, -0.1) is 11.8 Å². The molecule has 0 bridgehead atoms. The Balaban J connectivity index is 1.89. The van der Waals surface area contributed by atoms with Crippen LogP contribution >= 0.6 is 11.8 Å². The summed E-state index contributed by atoms with van der Waals surface area (Å²) < 4.78 is 0. The highest BCUT2D eigenvalue weighted by Crippen LogP contribution is 2.26. The molecular weight excluding hydrogens is 268 g/mol. The number of rotatable bonds is 3. The summed E-state index contributed by atoms with van der Waals surface area (Å²) in [7, 11) is 0. The van der Waals surface area contributed by atoms with Gasteiger partial charge < -0.3 is 10.6 Å². The molecule has 2 N–H and O–H groups in total. The molecule has 2 rings (SSSR count). The molecule has 1 heterocycles. The van der Waals surface area contributed by atoms with Gasteiger partial charge in [0.2, 0.25) is 5.91 Å². The number of likely N-dealkylation sites (tertiary alicyclic amines) is 1. The number of amides is 1. The fourth-order valence-electron chi connectivity index (χ4n) is 2.52. The number of thioether (sulfide) groups is 1. The molecule has 1 aromatic rings. The van der Waals surface area contributed by atoms with Crippen LogP contribution in [0.3, 0.4) is 0 Å². The first-order valence-electron chi connectivity index (χ1n) is 7.44. The van der Waals surface area contributed by atoms with Crippen molar-refractivity contribution < 1.29 is 4.79 Å². The Morgan fingerprint density at radius 3 is 2.55 bits per heavy atom. The fourth-order valence-corrected chi connectivity index (χ4v) is 3.49. The Morgan fingerprint density at radius 2 is 1.85 bits per heavy atom. The minimum absolute atomic E-state index is 0.263. The molecule has 1 amide bonds. The largest absolute Gasteiger partial charge is 0.398 e. The lowest BCUT2D eigenvalue weighted by molar-refractivity contribution is -0.128. The van der Waals surface area contributed by atoms with Crippen LogP contribution in [-0.4, -0.2) is 29.6 Å². The van der Waals surface area contributed by atoms with Crippen LogP contribution < -0.4 is 5.73 Å². The van der Waals surface area contributed by atoms with E-state index in [4.69, 9.17) is 5.73 Å². The van der Waals surface area contributed by atoms with Gasteiger partial charge in [-0.25, -0.2) is 0 Å². The van der Waals surface area contributed by atoms with E-state index in [-0.39, 0.29) is 5.91 Å². The molecule has 1 aromatic carbocycles. The van der Waals surface area contributed by atoms with Gasteiger partial charge in [0.1, 0.15) is 0 Å². The van der Waals surface area contributed by atoms with E-state index in [9.17, 15) is 4.79 Å². The van der Waals surface area contributed by atoms with Gasteiger partial charge in [0.15, 0.2) is 0 Å². The van der Waals surface area contributed by atoms with E-state index in [1.807, 2.05) is 30.0 Å². The van der Waals surface area contributed by atoms with E-state index in [0.29, 0.717) is 5.75 Å². The maximum Gasteiger partial charge on any atom is 0.232 e. The van der Waals surface area contributed by atoms with Crippen LogP contribution in [0.15, 0.2) is 23.1 Å². The molecule has 0 atom stereocenters. The first-order chi connectivity index (χ1) is 9.68. The molecule has 0 unspecified atom stereocenters. The van der Waals surface area contributed by atoms with E-state index in [2.05, 4.69) is 0 Å². The van der Waals surface area contributed by atoms with Gasteiger partial charge in [0.05, 0.1) is 5.75 Å². The van der Waals surface area contributed by atoms with Crippen LogP contribution in [0.2, 0.25) is 0 Å². The highest BCUT2D eigenvalue weighted by atomic mass is 32.2. The SMILES string of the molecule is Cc1c(N)cccc1SCC(=O)N1CCCCCCC1. The van der Waals surface area contributed by atoms with Crippen molar-refractivity contribution in [3.05, 3.63) is 23.8 Å². The molecule has 4 heteroatoms. The number of carbonyl (C=O) groups excluding carboxylic acids is 1. The Kier molecular flexibility index (Phi) is 5.77. The molecular formula is C16H24N2OS. The third-order valence-electron chi connectivity index (χ3n) is 3.89. The fraction of sp³-hybridized carbons (Fsp3) is 0.562. The topological polar surface area (TPSA) is 46.3 Å². The Bertz CT molecular complexity index is 454. The highest BCUT2D eigenvalue weighted by molar-refractivity contribution is 8.00. The van der Waals surface area contributed by atoms with Gasteiger partial charge in [-0.3, -0.25) is 4.79 Å². The summed E-state index contributed by atoms with van der Waals surface area (Å²) in [6.45, 7) is 3.86. The number of anilines is 1. The zero-order valence-electron chi connectivity index (χ0n) is 12.2. The molecule has 1 aliphatic heterocycles. The predicted molar refractivity (Wildman–Crippen MR) is 86.0 cm³/mol. The Labute approximate surface area is 125 Å². The summed E-state index contributed by atoms with van der Waals surface area (Å²) in [6, 6.07) is 5.89. The second-order valence-electron chi connectivity index (χ2n) is 5.41. The van der Waals surface area contributed by atoms with Crippen molar-refractivity contribution in [3.8, 4) is 0 Å². The minimum Gasteiger partial charge on any atom is -0.398 e. The van der Waals surface area contributed by atoms with Crippen molar-refractivity contribution in [2.45, 2.75) is 43.9 Å². The highest BCUT2D eigenvalue weighted by Gasteiger charge is 2.15. The van der Waals surface area contributed by atoms with Gasteiger partial charge in [-0.1, -0.05) is 25.3 Å². The molecule has 0 radical (unpaired) electrons. The molecule has 0 aromatic heterocycles. The molecule has 1 aliphatic rings. The molecule has 0 aliphatic carbocycles. The van der Waals surface area contributed by atoms with Crippen molar-refractivity contribution in [2.75, 3.05) is 24.6 Å². The summed E-state index contributed by atoms with van der Waals surface area (Å²) >= 11 is 1.60. The van der Waals surface area contributed by atoms with Crippen LogP contribution in [0.4, 0.5) is 5.69 Å². The molecule has 1 saturated heterocycles. The summed E-state index contributed by atoms with van der Waals surface area (Å²) in [6.07, 6.45) is 6.12. The van der Waals surface area contributed by atoms with Crippen LogP contribution in [0.25, 0.3) is 0 Å². The van der Waals surface area contributed by atoms with Crippen LogP contribution in [-0.2, 0) is 4.79 Å². The third kappa shape index (κ3) is 4.17. The first kappa shape index (κ1) is 15.2. The second-order valence-corrected chi connectivity index (χ2v) is 6.42. The average Bonchev–Trinajstić information content (AvgIpc) is 2.40. The average molecular weight is 292 g/mol. The van der Waals surface area contributed by atoms with Crippen molar-refractivity contribution in [1.82, 2.24) is 4.90 Å². The van der Waals surface area contributed by atoms with Crippen molar-refractivity contribution in [2.24, 2.45) is 0 Å². The van der Waals surface area contributed by atoms with Gasteiger partial charge >= 0.3 is 0 Å². The lowest BCUT2D eigenvalue weighted by Gasteiger charge is -2.24. The minimum atomic E-state index is 0.263. The predicted octanol–water partition coefficient (Wildman–Crippen LogP) is 3.46. The van der Waals surface area contributed by atoms with Crippen molar-refractivity contribution in [1.29, 1.82) is 0 Å². The number of nitrogens with zero attached hydrogens (tertiary/aromatic N) is 1. The normalized spacial score (nSPS) is 16.6. The van der Waals surface area contributed by atoms with Gasteiger partial charge in [-0.05, 0) is 37.5 Å². The summed E-state index contributed by atoms with van der Waals surface area (Å²) in [4.78, 5) is 15.5. The Morgan fingerprint density at radius 1 is 1.20 bits per heavy atom. The molecule has 3 nitrogen and oxygen atoms in total. The zero-order chi connectivity index (χ0) is 14.4. The number of benzene rings is 1. The second kappa shape index (κ2) is 7.58. The number of carbonyl (C=O) groups is 1. The molecule has 0 saturated carbocycles. The quantitative estimate of drug-likeness (QED) is 0.685. The monoisotopic (exact) mass is 292 g/mol. The molecule has 110 valence electrons. The number of nitrogen functional groups attached to an aromatic ring is 1. The van der Waals surface area contributed by atoms with Crippen LogP contribution in [0, 0.1) is 6.92 Å². The Hall–Kier alpha value is -1.16. The zero-order valence-corrected chi connectivity index (χ0v) is 13.0. The summed E-state index contributed by atoms with van der Waals surface area (Å²) in [5.74, 6) is 0.781. The third-order valence-corrected chi connectivity index (χ3v) is 5.03. The van der Waals surface area contributed by atoms with E-state index in [0.717, 1.165) is 42.1 Å². The number of nitrogens with two attached hydrogens (primary N) is 1. The maximum atomic E-state index is 12.3. The van der Waals surface area contributed by atoms with E-state index in [1.165, 1.54) is 19.3 Å². The van der Waals surface area contributed by atoms with Gasteiger partial charge in [0, 0.05) is 23.7 Å². The summed E-state index contributed by atoms with van der Waals surface area (Å²) in [5, 5.41) is 0. The maximum absolute atomic E-state index is 12.3. The van der Waals surface area contributed by atoms with E-state index >= 15 is 0 Å². The molecule has 20 heavy (non-hydrogen) atoms. The molecule has 1 fully saturated rings. The number of hydrogen-bond acceptors (Lipinski definition) is 3. The lowest BCUT2D eigenvalue weighted by atomic mass is 10.1. The van der Waals surface area contributed by atoms with E-state index in [1.54, 1.807) is 11.8 Å². The van der Waals surface area contributed by atoms with Crippen LogP contribution in [0.1, 0.15) is 37.7 Å². The van der Waals surface area contributed by atoms with Gasteiger partial charge in [-0.2, -0.15) is 0 Å². The van der Waals surface area contributed by atoms with Crippen molar-refractivity contribution in [3.63, 3.8) is 0 Å². The number of hydrogen-bond donors (Lipinski definition) is 1. The summed E-state index contributed by atoms with van der Waals surface area (Å²) in [5.41, 5.74) is 7.78. The van der Waals surface area contributed by atoms with E-state index < -0.39 is 0 Å². The standard InChI is InChI=1S/C16H24N2OS/c1-13-14(17)8-7-9-15(13)20-12-16(19)18-10-5-3-2-4-6-11-18/h7-9H,2-6,10-12,17H2,1H3. The lowest BCUT2D eigenvalue weighted by Crippen LogP contribution is -2.35. The first-order valence-corrected chi connectivity index (χ1v) is 8.42. The van der Waals surface area contributed by atoms with Crippen LogP contribution in [0.5, 0.6) is 0 Å². The van der Waals surface area contributed by atoms with Gasteiger partial charge in [0.25, 0.3) is 0 Å². The van der Waals surface area contributed by atoms with Crippen molar-refractivity contribution >= 4 is 23.4 Å². The molecule has 0 spiro atoms. The smallest absolute Gasteiger partial charge is 0.232 e.